The average Bonchev–Trinajstić information content (AvgIpc) is 3.34. The van der Waals surface area contributed by atoms with Crippen LogP contribution < -0.4 is 15.5 Å². The molecule has 3 atom stereocenters. The number of hydrogen-bond donors (Lipinski definition) is 2. The Morgan fingerprint density at radius 1 is 1.19 bits per heavy atom. The molecule has 5 rings (SSSR count). The normalized spacial score (nSPS) is 23.8. The van der Waals surface area contributed by atoms with Crippen molar-refractivity contribution in [2.75, 3.05) is 18.0 Å². The number of aromatic nitrogens is 1. The van der Waals surface area contributed by atoms with Crippen LogP contribution in [0.25, 0.3) is 20.8 Å². The molecule has 3 N–H and O–H groups in total. The SMILES string of the molecule is Cc1ccc2nc(-c3ccc(N4C(=O)C[C@H]([NH+]5CCC[C@H](C(N)=O)C5)C4=O)cc3)sc2c1. The molecule has 2 aromatic carbocycles. The van der Waals surface area contributed by atoms with E-state index >= 15 is 0 Å². The second-order valence-corrected chi connectivity index (χ2v) is 9.75. The molecule has 164 valence electrons. The Kier molecular flexibility index (Phi) is 5.27. The Morgan fingerprint density at radius 2 is 1.97 bits per heavy atom. The van der Waals surface area contributed by atoms with E-state index in [1.165, 1.54) is 10.5 Å². The lowest BCUT2D eigenvalue weighted by molar-refractivity contribution is -0.922. The molecule has 2 fully saturated rings. The number of nitrogens with zero attached hydrogens (tertiary/aromatic N) is 2. The van der Waals surface area contributed by atoms with E-state index in [0.29, 0.717) is 12.2 Å². The Balaban J connectivity index is 1.36. The van der Waals surface area contributed by atoms with E-state index in [1.54, 1.807) is 11.3 Å². The van der Waals surface area contributed by atoms with Crippen LogP contribution in [0, 0.1) is 12.8 Å². The van der Waals surface area contributed by atoms with Crippen LogP contribution in [0.3, 0.4) is 0 Å². The minimum Gasteiger partial charge on any atom is -0.369 e. The van der Waals surface area contributed by atoms with Crippen molar-refractivity contribution in [1.82, 2.24) is 4.98 Å². The number of benzene rings is 2. The highest BCUT2D eigenvalue weighted by molar-refractivity contribution is 7.21. The molecule has 0 radical (unpaired) electrons. The summed E-state index contributed by atoms with van der Waals surface area (Å²) in [7, 11) is 0. The summed E-state index contributed by atoms with van der Waals surface area (Å²) in [5.41, 5.74) is 9.17. The smallest absolute Gasteiger partial charge is 0.292 e. The maximum atomic E-state index is 13.2. The maximum Gasteiger partial charge on any atom is 0.292 e. The summed E-state index contributed by atoms with van der Waals surface area (Å²) in [6.45, 7) is 3.35. The Labute approximate surface area is 189 Å². The highest BCUT2D eigenvalue weighted by atomic mass is 32.1. The lowest BCUT2D eigenvalue weighted by Gasteiger charge is -2.31. The van der Waals surface area contributed by atoms with Gasteiger partial charge in [0.05, 0.1) is 41.3 Å². The van der Waals surface area contributed by atoms with Crippen LogP contribution in [0.2, 0.25) is 0 Å². The maximum absolute atomic E-state index is 13.2. The first-order chi connectivity index (χ1) is 15.4. The molecule has 2 aliphatic heterocycles. The molecule has 3 heterocycles. The van der Waals surface area contributed by atoms with Crippen LogP contribution in [-0.4, -0.2) is 41.8 Å². The van der Waals surface area contributed by atoms with Gasteiger partial charge in [0.1, 0.15) is 5.01 Å². The van der Waals surface area contributed by atoms with E-state index in [0.717, 1.165) is 45.1 Å². The molecule has 2 aliphatic rings. The standard InChI is InChI=1S/C24H24N4O3S/c1-14-4-9-18-20(11-14)32-23(26-18)15-5-7-17(8-6-15)28-21(29)12-19(24(28)31)27-10-2-3-16(13-27)22(25)30/h4-9,11,16,19H,2-3,10,12-13H2,1H3,(H2,25,30)/p+1/t16-,19-/m0/s1. The van der Waals surface area contributed by atoms with Gasteiger partial charge in [0.15, 0.2) is 6.04 Å². The third-order valence-corrected chi connectivity index (χ3v) is 7.58. The quantitative estimate of drug-likeness (QED) is 0.592. The molecular weight excluding hydrogens is 424 g/mol. The average molecular weight is 450 g/mol. The zero-order chi connectivity index (χ0) is 22.4. The lowest BCUT2D eigenvalue weighted by Crippen LogP contribution is -3.18. The van der Waals surface area contributed by atoms with E-state index in [4.69, 9.17) is 10.7 Å². The number of carbonyl (C=O) groups excluding carboxylic acids is 3. The number of quaternary nitrogens is 1. The Morgan fingerprint density at radius 3 is 2.72 bits per heavy atom. The second-order valence-electron chi connectivity index (χ2n) is 8.72. The lowest BCUT2D eigenvalue weighted by atomic mass is 9.96. The van der Waals surface area contributed by atoms with Gasteiger partial charge in [-0.25, -0.2) is 9.88 Å². The number of likely N-dealkylation sites (tertiary alicyclic amines) is 1. The number of anilines is 1. The minimum atomic E-state index is -0.447. The van der Waals surface area contributed by atoms with Crippen molar-refractivity contribution < 1.29 is 19.3 Å². The van der Waals surface area contributed by atoms with Gasteiger partial charge in [-0.15, -0.1) is 11.3 Å². The molecule has 3 aromatic rings. The fourth-order valence-corrected chi connectivity index (χ4v) is 5.86. The van der Waals surface area contributed by atoms with Crippen molar-refractivity contribution in [3.05, 3.63) is 48.0 Å². The number of thiazole rings is 1. The molecule has 1 unspecified atom stereocenters. The number of aryl methyl sites for hydroxylation is 1. The first kappa shape index (κ1) is 20.8. The van der Waals surface area contributed by atoms with Crippen molar-refractivity contribution in [2.24, 2.45) is 11.7 Å². The number of fused-ring (bicyclic) bond motifs is 1. The van der Waals surface area contributed by atoms with Crippen molar-refractivity contribution >= 4 is 45.0 Å². The molecule has 3 amide bonds. The summed E-state index contributed by atoms with van der Waals surface area (Å²) >= 11 is 1.63. The number of amides is 3. The van der Waals surface area contributed by atoms with E-state index in [9.17, 15) is 14.4 Å². The third-order valence-electron chi connectivity index (χ3n) is 6.52. The van der Waals surface area contributed by atoms with Gasteiger partial charge in [0.25, 0.3) is 5.91 Å². The highest BCUT2D eigenvalue weighted by Gasteiger charge is 2.47. The number of carbonyl (C=O) groups is 3. The molecule has 7 nitrogen and oxygen atoms in total. The monoisotopic (exact) mass is 449 g/mol. The number of piperidine rings is 1. The summed E-state index contributed by atoms with van der Waals surface area (Å²) in [5.74, 6) is -0.945. The molecule has 0 saturated carbocycles. The van der Waals surface area contributed by atoms with Crippen LogP contribution in [0.4, 0.5) is 5.69 Å². The first-order valence-electron chi connectivity index (χ1n) is 10.9. The largest absolute Gasteiger partial charge is 0.369 e. The Bertz CT molecular complexity index is 1220. The first-order valence-corrected chi connectivity index (χ1v) is 11.7. The fraction of sp³-hybridized carbons (Fsp3) is 0.333. The van der Waals surface area contributed by atoms with Gasteiger partial charge < -0.3 is 10.6 Å². The predicted octanol–water partition coefficient (Wildman–Crippen LogP) is 1.68. The number of nitrogens with two attached hydrogens (primary N) is 1. The van der Waals surface area contributed by atoms with Crippen LogP contribution in [0.5, 0.6) is 0 Å². The van der Waals surface area contributed by atoms with Crippen LogP contribution in [0.1, 0.15) is 24.8 Å². The number of rotatable bonds is 4. The van der Waals surface area contributed by atoms with Crippen molar-refractivity contribution in [3.8, 4) is 10.6 Å². The minimum absolute atomic E-state index is 0.165. The van der Waals surface area contributed by atoms with Crippen molar-refractivity contribution in [2.45, 2.75) is 32.2 Å². The summed E-state index contributed by atoms with van der Waals surface area (Å²) < 4.78 is 1.13. The van der Waals surface area contributed by atoms with E-state index in [1.807, 2.05) is 36.4 Å². The molecule has 0 bridgehead atoms. The third kappa shape index (κ3) is 3.69. The molecule has 1 aromatic heterocycles. The molecular formula is C24H25N4O3S+. The van der Waals surface area contributed by atoms with Crippen LogP contribution >= 0.6 is 11.3 Å². The van der Waals surface area contributed by atoms with Crippen molar-refractivity contribution in [3.63, 3.8) is 0 Å². The van der Waals surface area contributed by atoms with Gasteiger partial charge in [-0.1, -0.05) is 6.07 Å². The van der Waals surface area contributed by atoms with Gasteiger partial charge in [-0.05, 0) is 61.7 Å². The summed E-state index contributed by atoms with van der Waals surface area (Å²) in [6.07, 6.45) is 1.75. The van der Waals surface area contributed by atoms with Gasteiger partial charge in [-0.3, -0.25) is 14.4 Å². The summed E-state index contributed by atoms with van der Waals surface area (Å²) in [5, 5.41) is 0.907. The van der Waals surface area contributed by atoms with Gasteiger partial charge in [0, 0.05) is 5.56 Å². The Hall–Kier alpha value is -3.10. The van der Waals surface area contributed by atoms with Crippen LogP contribution in [0.15, 0.2) is 42.5 Å². The molecule has 32 heavy (non-hydrogen) atoms. The zero-order valence-corrected chi connectivity index (χ0v) is 18.7. The highest BCUT2D eigenvalue weighted by Crippen LogP contribution is 2.32. The number of primary amides is 1. The molecule has 0 spiro atoms. The molecule has 2 saturated heterocycles. The van der Waals surface area contributed by atoms with Gasteiger partial charge in [0.2, 0.25) is 11.8 Å². The van der Waals surface area contributed by atoms with E-state index < -0.39 is 6.04 Å². The second kappa shape index (κ2) is 8.11. The number of imide groups is 1. The summed E-state index contributed by atoms with van der Waals surface area (Å²) in [4.78, 5) is 44.5. The predicted molar refractivity (Wildman–Crippen MR) is 123 cm³/mol. The van der Waals surface area contributed by atoms with Crippen LogP contribution in [-0.2, 0) is 14.4 Å². The zero-order valence-electron chi connectivity index (χ0n) is 17.8. The van der Waals surface area contributed by atoms with E-state index in [-0.39, 0.29) is 30.1 Å². The number of hydrogen-bond acceptors (Lipinski definition) is 5. The topological polar surface area (TPSA) is 97.8 Å². The van der Waals surface area contributed by atoms with Gasteiger partial charge >= 0.3 is 0 Å². The fourth-order valence-electron chi connectivity index (χ4n) is 4.79. The number of nitrogens with one attached hydrogen (secondary N) is 1. The molecule has 0 aliphatic carbocycles. The van der Waals surface area contributed by atoms with Crippen molar-refractivity contribution in [1.29, 1.82) is 0 Å². The van der Waals surface area contributed by atoms with E-state index in [2.05, 4.69) is 13.0 Å². The molecule has 8 heteroatoms. The van der Waals surface area contributed by atoms with Gasteiger partial charge in [-0.2, -0.15) is 0 Å². The summed E-state index contributed by atoms with van der Waals surface area (Å²) in [6, 6.07) is 13.2.